The maximum Gasteiger partial charge on any atom is 0.119 e. The summed E-state index contributed by atoms with van der Waals surface area (Å²) in [7, 11) is 0. The van der Waals surface area contributed by atoms with Crippen LogP contribution < -0.4 is 10.5 Å². The van der Waals surface area contributed by atoms with Crippen LogP contribution in [0.4, 0.5) is 0 Å². The van der Waals surface area contributed by atoms with E-state index in [2.05, 4.69) is 19.1 Å². The maximum absolute atomic E-state index is 5.54. The summed E-state index contributed by atoms with van der Waals surface area (Å²) >= 11 is 0. The van der Waals surface area contributed by atoms with Gasteiger partial charge in [-0.1, -0.05) is 19.1 Å². The molecule has 0 amide bonds. The average molecular weight is 193 g/mol. The van der Waals surface area contributed by atoms with E-state index in [1.807, 2.05) is 12.1 Å². The van der Waals surface area contributed by atoms with E-state index < -0.39 is 0 Å². The van der Waals surface area contributed by atoms with Gasteiger partial charge in [0.15, 0.2) is 0 Å². The Hall–Kier alpha value is -1.02. The van der Waals surface area contributed by atoms with Gasteiger partial charge in [-0.15, -0.1) is 0 Å². The zero-order valence-electron chi connectivity index (χ0n) is 8.83. The molecular formula is C12H19NO. The SMILES string of the molecule is CCCOc1cccc(CCCN)c1. The molecule has 0 unspecified atom stereocenters. The Balaban J connectivity index is 2.50. The largest absolute Gasteiger partial charge is 0.494 e. The summed E-state index contributed by atoms with van der Waals surface area (Å²) in [6.07, 6.45) is 3.13. The van der Waals surface area contributed by atoms with Crippen LogP contribution in [0.3, 0.4) is 0 Å². The number of rotatable bonds is 6. The summed E-state index contributed by atoms with van der Waals surface area (Å²) in [5.41, 5.74) is 6.77. The molecule has 0 aliphatic heterocycles. The minimum absolute atomic E-state index is 0.750. The van der Waals surface area contributed by atoms with E-state index in [1.165, 1.54) is 5.56 Å². The van der Waals surface area contributed by atoms with Crippen LogP contribution in [-0.2, 0) is 6.42 Å². The Bertz CT molecular complexity index is 237. The molecule has 78 valence electrons. The predicted molar refractivity (Wildman–Crippen MR) is 59.6 cm³/mol. The minimum atomic E-state index is 0.750. The molecule has 0 heterocycles. The molecule has 2 nitrogen and oxygen atoms in total. The highest BCUT2D eigenvalue weighted by Crippen LogP contribution is 2.14. The third-order valence-electron chi connectivity index (χ3n) is 2.04. The monoisotopic (exact) mass is 193 g/mol. The number of hydrogen-bond donors (Lipinski definition) is 1. The van der Waals surface area contributed by atoms with Crippen LogP contribution >= 0.6 is 0 Å². The smallest absolute Gasteiger partial charge is 0.119 e. The van der Waals surface area contributed by atoms with E-state index in [4.69, 9.17) is 10.5 Å². The third-order valence-corrected chi connectivity index (χ3v) is 2.04. The fraction of sp³-hybridized carbons (Fsp3) is 0.500. The first kappa shape index (κ1) is 11.1. The van der Waals surface area contributed by atoms with Gasteiger partial charge in [-0.05, 0) is 43.5 Å². The van der Waals surface area contributed by atoms with Gasteiger partial charge in [0.25, 0.3) is 0 Å². The third kappa shape index (κ3) is 3.79. The zero-order valence-corrected chi connectivity index (χ0v) is 8.83. The first-order valence-corrected chi connectivity index (χ1v) is 5.28. The van der Waals surface area contributed by atoms with Gasteiger partial charge in [-0.2, -0.15) is 0 Å². The molecule has 0 aliphatic rings. The molecule has 0 bridgehead atoms. The Morgan fingerprint density at radius 3 is 2.93 bits per heavy atom. The minimum Gasteiger partial charge on any atom is -0.494 e. The first-order valence-electron chi connectivity index (χ1n) is 5.28. The summed E-state index contributed by atoms with van der Waals surface area (Å²) in [6.45, 7) is 3.65. The molecule has 0 spiro atoms. The zero-order chi connectivity index (χ0) is 10.2. The molecule has 0 radical (unpaired) electrons. The summed E-state index contributed by atoms with van der Waals surface area (Å²) in [5.74, 6) is 0.973. The molecule has 1 rings (SSSR count). The van der Waals surface area contributed by atoms with Crippen molar-refractivity contribution in [3.63, 3.8) is 0 Å². The Labute approximate surface area is 86.1 Å². The second kappa shape index (κ2) is 6.44. The van der Waals surface area contributed by atoms with Gasteiger partial charge in [0.1, 0.15) is 5.75 Å². The van der Waals surface area contributed by atoms with Crippen molar-refractivity contribution in [1.29, 1.82) is 0 Å². The van der Waals surface area contributed by atoms with Crippen molar-refractivity contribution in [2.45, 2.75) is 26.2 Å². The van der Waals surface area contributed by atoms with Gasteiger partial charge in [-0.25, -0.2) is 0 Å². The van der Waals surface area contributed by atoms with Crippen LogP contribution in [0.1, 0.15) is 25.3 Å². The van der Waals surface area contributed by atoms with Crippen molar-refractivity contribution in [1.82, 2.24) is 0 Å². The fourth-order valence-corrected chi connectivity index (χ4v) is 1.32. The lowest BCUT2D eigenvalue weighted by Gasteiger charge is -2.06. The van der Waals surface area contributed by atoms with E-state index in [1.54, 1.807) is 0 Å². The van der Waals surface area contributed by atoms with Gasteiger partial charge < -0.3 is 10.5 Å². The van der Waals surface area contributed by atoms with E-state index in [0.29, 0.717) is 0 Å². The van der Waals surface area contributed by atoms with Crippen LogP contribution in [0.2, 0.25) is 0 Å². The summed E-state index contributed by atoms with van der Waals surface area (Å²) < 4.78 is 5.54. The highest BCUT2D eigenvalue weighted by Gasteiger charge is 1.96. The lowest BCUT2D eigenvalue weighted by atomic mass is 10.1. The Kier molecular flexibility index (Phi) is 5.08. The summed E-state index contributed by atoms with van der Waals surface area (Å²) in [5, 5.41) is 0. The topological polar surface area (TPSA) is 35.2 Å². The van der Waals surface area contributed by atoms with E-state index in [-0.39, 0.29) is 0 Å². The standard InChI is InChI=1S/C12H19NO/c1-2-9-14-12-7-3-5-11(10-12)6-4-8-13/h3,5,7,10H,2,4,6,8-9,13H2,1H3. The average Bonchev–Trinajstić information content (AvgIpc) is 2.24. The van der Waals surface area contributed by atoms with Crippen LogP contribution in [0, 0.1) is 0 Å². The number of hydrogen-bond acceptors (Lipinski definition) is 2. The quantitative estimate of drug-likeness (QED) is 0.752. The van der Waals surface area contributed by atoms with Gasteiger partial charge in [0.2, 0.25) is 0 Å². The number of benzene rings is 1. The highest BCUT2D eigenvalue weighted by atomic mass is 16.5. The molecule has 2 heteroatoms. The van der Waals surface area contributed by atoms with Crippen molar-refractivity contribution < 1.29 is 4.74 Å². The van der Waals surface area contributed by atoms with Crippen LogP contribution in [0.25, 0.3) is 0 Å². The molecule has 0 saturated carbocycles. The fourth-order valence-electron chi connectivity index (χ4n) is 1.32. The molecule has 0 atom stereocenters. The Morgan fingerprint density at radius 2 is 2.21 bits per heavy atom. The predicted octanol–water partition coefficient (Wildman–Crippen LogP) is 2.37. The van der Waals surface area contributed by atoms with Crippen molar-refractivity contribution in [2.24, 2.45) is 5.73 Å². The summed E-state index contributed by atoms with van der Waals surface area (Å²) in [4.78, 5) is 0. The van der Waals surface area contributed by atoms with Gasteiger partial charge in [0, 0.05) is 0 Å². The summed E-state index contributed by atoms with van der Waals surface area (Å²) in [6, 6.07) is 8.26. The van der Waals surface area contributed by atoms with Crippen molar-refractivity contribution in [2.75, 3.05) is 13.2 Å². The maximum atomic E-state index is 5.54. The lowest BCUT2D eigenvalue weighted by molar-refractivity contribution is 0.317. The molecule has 0 saturated heterocycles. The van der Waals surface area contributed by atoms with Crippen LogP contribution in [0.5, 0.6) is 5.75 Å². The van der Waals surface area contributed by atoms with Gasteiger partial charge >= 0.3 is 0 Å². The molecule has 0 aromatic heterocycles. The molecule has 2 N–H and O–H groups in total. The molecule has 14 heavy (non-hydrogen) atoms. The number of nitrogens with two attached hydrogens (primary N) is 1. The molecule has 1 aromatic carbocycles. The second-order valence-corrected chi connectivity index (χ2v) is 3.39. The van der Waals surface area contributed by atoms with Crippen LogP contribution in [-0.4, -0.2) is 13.2 Å². The first-order chi connectivity index (χ1) is 6.86. The van der Waals surface area contributed by atoms with Gasteiger partial charge in [-0.3, -0.25) is 0 Å². The second-order valence-electron chi connectivity index (χ2n) is 3.39. The van der Waals surface area contributed by atoms with E-state index in [9.17, 15) is 0 Å². The highest BCUT2D eigenvalue weighted by molar-refractivity contribution is 5.28. The van der Waals surface area contributed by atoms with Gasteiger partial charge in [0.05, 0.1) is 6.61 Å². The Morgan fingerprint density at radius 1 is 1.36 bits per heavy atom. The van der Waals surface area contributed by atoms with Crippen LogP contribution in [0.15, 0.2) is 24.3 Å². The van der Waals surface area contributed by atoms with E-state index >= 15 is 0 Å². The molecule has 0 fully saturated rings. The number of ether oxygens (including phenoxy) is 1. The van der Waals surface area contributed by atoms with E-state index in [0.717, 1.165) is 38.2 Å². The number of aryl methyl sites for hydroxylation is 1. The van der Waals surface area contributed by atoms with Crippen molar-refractivity contribution in [3.8, 4) is 5.75 Å². The molecule has 1 aromatic rings. The molecule has 0 aliphatic carbocycles. The van der Waals surface area contributed by atoms with Crippen molar-refractivity contribution >= 4 is 0 Å². The van der Waals surface area contributed by atoms with Crippen molar-refractivity contribution in [3.05, 3.63) is 29.8 Å². The normalized spacial score (nSPS) is 10.1. The lowest BCUT2D eigenvalue weighted by Crippen LogP contribution is -2.00. The molecular weight excluding hydrogens is 174 g/mol.